The van der Waals surface area contributed by atoms with Crippen molar-refractivity contribution < 1.29 is 12.8 Å². The van der Waals surface area contributed by atoms with Crippen LogP contribution in [0.1, 0.15) is 19.3 Å². The van der Waals surface area contributed by atoms with Crippen LogP contribution in [-0.4, -0.2) is 26.3 Å². The summed E-state index contributed by atoms with van der Waals surface area (Å²) in [5.41, 5.74) is 5.63. The number of hydrogen-bond donors (Lipinski definition) is 1. The molecule has 18 heavy (non-hydrogen) atoms. The van der Waals surface area contributed by atoms with Crippen LogP contribution in [0.25, 0.3) is 0 Å². The molecule has 0 radical (unpaired) electrons. The molecular weight excluding hydrogens is 255 g/mol. The van der Waals surface area contributed by atoms with Gasteiger partial charge in [0.2, 0.25) is 10.0 Å². The number of nitrogens with two attached hydrogens (primary N) is 1. The summed E-state index contributed by atoms with van der Waals surface area (Å²) in [5, 5.41) is 0. The van der Waals surface area contributed by atoms with Gasteiger partial charge in [-0.25, -0.2) is 17.1 Å². The summed E-state index contributed by atoms with van der Waals surface area (Å²) >= 11 is 0. The minimum Gasteiger partial charge on any atom is -0.399 e. The lowest BCUT2D eigenvalue weighted by atomic mass is 9.86. The fraction of sp³-hybridized carbons (Fsp3) is 0.500. The molecule has 0 amide bonds. The molecule has 1 fully saturated rings. The van der Waals surface area contributed by atoms with Gasteiger partial charge in [0.1, 0.15) is 10.7 Å². The summed E-state index contributed by atoms with van der Waals surface area (Å²) in [5.74, 6) is -0.392. The zero-order valence-electron chi connectivity index (χ0n) is 10.3. The molecule has 4 nitrogen and oxygen atoms in total. The summed E-state index contributed by atoms with van der Waals surface area (Å²) in [4.78, 5) is -0.307. The molecule has 2 N–H and O–H groups in total. The third-order valence-corrected chi connectivity index (χ3v) is 5.24. The van der Waals surface area contributed by atoms with Gasteiger partial charge < -0.3 is 5.73 Å². The van der Waals surface area contributed by atoms with Gasteiger partial charge >= 0.3 is 0 Å². The highest BCUT2D eigenvalue weighted by molar-refractivity contribution is 7.89. The van der Waals surface area contributed by atoms with Crippen LogP contribution in [0.2, 0.25) is 0 Å². The Labute approximate surface area is 107 Å². The molecule has 1 aliphatic rings. The third-order valence-electron chi connectivity index (χ3n) is 3.38. The predicted octanol–water partition coefficient (Wildman–Crippen LogP) is 1.83. The zero-order valence-corrected chi connectivity index (χ0v) is 11.1. The van der Waals surface area contributed by atoms with Crippen molar-refractivity contribution in [3.8, 4) is 0 Å². The maximum atomic E-state index is 13.7. The minimum atomic E-state index is -3.75. The molecule has 1 aromatic rings. The molecule has 0 aliphatic heterocycles. The Balaban J connectivity index is 2.23. The highest BCUT2D eigenvalue weighted by atomic mass is 32.2. The quantitative estimate of drug-likeness (QED) is 0.850. The van der Waals surface area contributed by atoms with Crippen LogP contribution in [0, 0.1) is 11.7 Å². The van der Waals surface area contributed by atoms with E-state index in [0.717, 1.165) is 25.3 Å². The molecule has 0 spiro atoms. The molecule has 0 aromatic heterocycles. The fourth-order valence-electron chi connectivity index (χ4n) is 2.03. The van der Waals surface area contributed by atoms with Crippen molar-refractivity contribution in [2.24, 2.45) is 5.92 Å². The normalized spacial score (nSPS) is 16.8. The summed E-state index contributed by atoms with van der Waals surface area (Å²) in [6.45, 7) is 0.451. The van der Waals surface area contributed by atoms with E-state index in [1.54, 1.807) is 0 Å². The lowest BCUT2D eigenvalue weighted by molar-refractivity contribution is 0.262. The van der Waals surface area contributed by atoms with Gasteiger partial charge in [0.15, 0.2) is 0 Å². The van der Waals surface area contributed by atoms with Crippen molar-refractivity contribution >= 4 is 15.7 Å². The standard InChI is InChI=1S/C12H17FN2O2S/c1-15(8-9-3-2-4-9)18(16,17)12-6-5-10(14)7-11(12)13/h5-7,9H,2-4,8,14H2,1H3. The first-order chi connectivity index (χ1) is 8.41. The first-order valence-corrected chi connectivity index (χ1v) is 7.36. The van der Waals surface area contributed by atoms with Gasteiger partial charge in [-0.15, -0.1) is 0 Å². The number of nitrogens with zero attached hydrogens (tertiary/aromatic N) is 1. The van der Waals surface area contributed by atoms with E-state index in [0.29, 0.717) is 12.5 Å². The SMILES string of the molecule is CN(CC1CCC1)S(=O)(=O)c1ccc(N)cc1F. The number of nitrogen functional groups attached to an aromatic ring is 1. The van der Waals surface area contributed by atoms with Crippen LogP contribution < -0.4 is 5.73 Å². The summed E-state index contributed by atoms with van der Waals surface area (Å²) < 4.78 is 39.3. The van der Waals surface area contributed by atoms with Crippen LogP contribution in [0.5, 0.6) is 0 Å². The Morgan fingerprint density at radius 1 is 1.44 bits per heavy atom. The van der Waals surface area contributed by atoms with Gasteiger partial charge in [-0.1, -0.05) is 6.42 Å². The number of halogens is 1. The number of rotatable bonds is 4. The third kappa shape index (κ3) is 2.49. The van der Waals surface area contributed by atoms with Crippen LogP contribution in [0.4, 0.5) is 10.1 Å². The van der Waals surface area contributed by atoms with E-state index in [1.165, 1.54) is 23.5 Å². The minimum absolute atomic E-state index is 0.216. The van der Waals surface area contributed by atoms with E-state index in [2.05, 4.69) is 0 Å². The summed E-state index contributed by atoms with van der Waals surface area (Å²) in [7, 11) is -2.27. The second-order valence-electron chi connectivity index (χ2n) is 4.77. The Morgan fingerprint density at radius 2 is 2.11 bits per heavy atom. The van der Waals surface area contributed by atoms with Gasteiger partial charge in [0, 0.05) is 19.3 Å². The largest absolute Gasteiger partial charge is 0.399 e. The van der Waals surface area contributed by atoms with Crippen LogP contribution in [0.15, 0.2) is 23.1 Å². The highest BCUT2D eigenvalue weighted by Crippen LogP contribution is 2.29. The van der Waals surface area contributed by atoms with Gasteiger partial charge in [0.25, 0.3) is 0 Å². The Kier molecular flexibility index (Phi) is 3.59. The molecule has 2 rings (SSSR count). The van der Waals surface area contributed by atoms with Crippen LogP contribution >= 0.6 is 0 Å². The molecule has 1 saturated carbocycles. The Hall–Kier alpha value is -1.14. The van der Waals surface area contributed by atoms with E-state index >= 15 is 0 Å². The fourth-order valence-corrected chi connectivity index (χ4v) is 3.32. The van der Waals surface area contributed by atoms with Crippen molar-refractivity contribution in [1.82, 2.24) is 4.31 Å². The number of anilines is 1. The number of benzene rings is 1. The lowest BCUT2D eigenvalue weighted by Gasteiger charge is -2.29. The monoisotopic (exact) mass is 272 g/mol. The smallest absolute Gasteiger partial charge is 0.245 e. The van der Waals surface area contributed by atoms with Crippen LogP contribution in [0.3, 0.4) is 0 Å². The molecule has 0 heterocycles. The van der Waals surface area contributed by atoms with E-state index < -0.39 is 15.8 Å². The van der Waals surface area contributed by atoms with Crippen molar-refractivity contribution in [3.63, 3.8) is 0 Å². The first kappa shape index (κ1) is 13.3. The molecule has 0 saturated heterocycles. The van der Waals surface area contributed by atoms with Crippen molar-refractivity contribution in [3.05, 3.63) is 24.0 Å². The molecule has 0 atom stereocenters. The topological polar surface area (TPSA) is 63.4 Å². The predicted molar refractivity (Wildman–Crippen MR) is 68.0 cm³/mol. The van der Waals surface area contributed by atoms with Gasteiger partial charge in [0.05, 0.1) is 0 Å². The molecule has 0 unspecified atom stereocenters. The van der Waals surface area contributed by atoms with Gasteiger partial charge in [-0.05, 0) is 37.0 Å². The van der Waals surface area contributed by atoms with Crippen molar-refractivity contribution in [2.45, 2.75) is 24.2 Å². The summed E-state index contributed by atoms with van der Waals surface area (Å²) in [6.07, 6.45) is 3.24. The Bertz CT molecular complexity index is 541. The second kappa shape index (κ2) is 4.85. The van der Waals surface area contributed by atoms with Crippen LogP contribution in [-0.2, 0) is 10.0 Å². The zero-order chi connectivity index (χ0) is 13.3. The van der Waals surface area contributed by atoms with Gasteiger partial charge in [-0.2, -0.15) is 0 Å². The molecular formula is C12H17FN2O2S. The van der Waals surface area contributed by atoms with Gasteiger partial charge in [-0.3, -0.25) is 0 Å². The van der Waals surface area contributed by atoms with E-state index in [1.807, 2.05) is 0 Å². The van der Waals surface area contributed by atoms with Crippen molar-refractivity contribution in [2.75, 3.05) is 19.3 Å². The molecule has 6 heteroatoms. The average molecular weight is 272 g/mol. The molecule has 0 bridgehead atoms. The maximum absolute atomic E-state index is 13.7. The van der Waals surface area contributed by atoms with E-state index in [9.17, 15) is 12.8 Å². The summed E-state index contributed by atoms with van der Waals surface area (Å²) in [6, 6.07) is 3.65. The maximum Gasteiger partial charge on any atom is 0.245 e. The molecule has 1 aromatic carbocycles. The Morgan fingerprint density at radius 3 is 2.61 bits per heavy atom. The van der Waals surface area contributed by atoms with Crippen molar-refractivity contribution in [1.29, 1.82) is 0 Å². The number of sulfonamides is 1. The lowest BCUT2D eigenvalue weighted by Crippen LogP contribution is -2.34. The molecule has 1 aliphatic carbocycles. The first-order valence-electron chi connectivity index (χ1n) is 5.92. The highest BCUT2D eigenvalue weighted by Gasteiger charge is 2.28. The van der Waals surface area contributed by atoms with E-state index in [-0.39, 0.29) is 10.6 Å². The molecule has 100 valence electrons. The average Bonchev–Trinajstić information content (AvgIpc) is 2.22. The number of hydrogen-bond acceptors (Lipinski definition) is 3. The van der Waals surface area contributed by atoms with E-state index in [4.69, 9.17) is 5.73 Å². The second-order valence-corrected chi connectivity index (χ2v) is 6.79.